The van der Waals surface area contributed by atoms with Gasteiger partial charge in [-0.1, -0.05) is 12.1 Å². The summed E-state index contributed by atoms with van der Waals surface area (Å²) in [5.74, 6) is 2.12. The smallest absolute Gasteiger partial charge is 0.226 e. The number of fused-ring (bicyclic) bond motifs is 5. The van der Waals surface area contributed by atoms with Crippen LogP contribution in [0.25, 0.3) is 0 Å². The highest BCUT2D eigenvalue weighted by Gasteiger charge is 2.57. The van der Waals surface area contributed by atoms with Crippen molar-refractivity contribution in [3.05, 3.63) is 37.2 Å². The normalized spacial score (nSPS) is 30.5. The van der Waals surface area contributed by atoms with Gasteiger partial charge < -0.3 is 15.3 Å². The maximum atomic E-state index is 12.7. The third kappa shape index (κ3) is 4.46. The molecular weight excluding hydrogens is 594 g/mol. The van der Waals surface area contributed by atoms with Gasteiger partial charge in [-0.15, -0.1) is 11.3 Å². The first-order valence-corrected chi connectivity index (χ1v) is 14.7. The molecule has 9 heteroatoms. The molecule has 1 heterocycles. The van der Waals surface area contributed by atoms with Crippen molar-refractivity contribution in [2.75, 3.05) is 12.4 Å². The Labute approximate surface area is 227 Å². The minimum absolute atomic E-state index is 0.00632. The van der Waals surface area contributed by atoms with E-state index in [1.807, 2.05) is 6.92 Å². The molecule has 2 saturated carbocycles. The lowest BCUT2D eigenvalue weighted by Crippen LogP contribution is -2.44. The molecule has 35 heavy (non-hydrogen) atoms. The first kappa shape index (κ1) is 25.2. The van der Waals surface area contributed by atoms with Crippen LogP contribution in [0.15, 0.2) is 26.4 Å². The van der Waals surface area contributed by atoms with Gasteiger partial charge in [0, 0.05) is 22.9 Å². The van der Waals surface area contributed by atoms with Gasteiger partial charge in [-0.05, 0) is 118 Å². The molecule has 5 unspecified atom stereocenters. The Hall–Kier alpha value is -1.45. The van der Waals surface area contributed by atoms with Gasteiger partial charge in [-0.2, -0.15) is 0 Å². The molecule has 1 aromatic heterocycles. The van der Waals surface area contributed by atoms with E-state index in [1.54, 1.807) is 13.3 Å². The number of phenolic OH excluding ortho intramolecular Hbond substituents is 1. The second kappa shape index (κ2) is 9.78. The maximum absolute atomic E-state index is 12.7. The predicted octanol–water partition coefficient (Wildman–Crippen LogP) is 7.19. The van der Waals surface area contributed by atoms with Crippen LogP contribution in [-0.4, -0.2) is 28.8 Å². The fourth-order valence-electron chi connectivity index (χ4n) is 7.15. The highest BCUT2D eigenvalue weighted by molar-refractivity contribution is 9.11. The van der Waals surface area contributed by atoms with E-state index in [2.05, 4.69) is 60.3 Å². The number of anilines is 1. The Morgan fingerprint density at radius 2 is 2.20 bits per heavy atom. The van der Waals surface area contributed by atoms with E-state index in [-0.39, 0.29) is 17.1 Å². The van der Waals surface area contributed by atoms with E-state index >= 15 is 0 Å². The lowest BCUT2D eigenvalue weighted by atomic mass is 9.54. The molecule has 0 bridgehead atoms. The molecule has 0 spiro atoms. The number of carbonyl (C=O) groups is 1. The zero-order chi connectivity index (χ0) is 24.9. The summed E-state index contributed by atoms with van der Waals surface area (Å²) in [6.45, 7) is 4.35. The highest BCUT2D eigenvalue weighted by atomic mass is 79.9. The third-order valence-corrected chi connectivity index (χ3v) is 10.9. The van der Waals surface area contributed by atoms with E-state index in [4.69, 9.17) is 4.84 Å². The topological polar surface area (TPSA) is 83.8 Å². The zero-order valence-electron chi connectivity index (χ0n) is 20.2. The number of aromatic nitrogens is 1. The van der Waals surface area contributed by atoms with Crippen LogP contribution in [0.3, 0.4) is 0 Å². The Morgan fingerprint density at radius 3 is 2.91 bits per heavy atom. The molecule has 0 radical (unpaired) electrons. The van der Waals surface area contributed by atoms with E-state index in [9.17, 15) is 9.90 Å². The minimum Gasteiger partial charge on any atom is -0.506 e. The Balaban J connectivity index is 1.41. The molecule has 3 aliphatic carbocycles. The number of carbonyl (C=O) groups excluding carboxylic acids is 1. The van der Waals surface area contributed by atoms with Crippen LogP contribution in [0.4, 0.5) is 5.13 Å². The van der Waals surface area contributed by atoms with Crippen molar-refractivity contribution < 1.29 is 14.7 Å². The largest absolute Gasteiger partial charge is 0.506 e. The second-order valence-corrected chi connectivity index (χ2v) is 13.3. The number of hydrogen-bond acceptors (Lipinski definition) is 6. The van der Waals surface area contributed by atoms with Gasteiger partial charge in [-0.3, -0.25) is 4.79 Å². The van der Waals surface area contributed by atoms with Crippen LogP contribution < -0.4 is 5.32 Å². The first-order chi connectivity index (χ1) is 16.7. The van der Waals surface area contributed by atoms with Gasteiger partial charge in [0.25, 0.3) is 0 Å². The van der Waals surface area contributed by atoms with Gasteiger partial charge in [0.1, 0.15) is 12.9 Å². The number of aryl methyl sites for hydroxylation is 1. The molecule has 1 aromatic carbocycles. The number of benzene rings is 1. The molecule has 5 rings (SSSR count). The SMILES string of the molecule is CON=C1CC(CCC(=O)Nc2ncc(C)s2)C2C3CCc4c(cc(Br)c(O)c4Br)C3CCC12C. The van der Waals surface area contributed by atoms with Gasteiger partial charge in [0.05, 0.1) is 14.7 Å². The van der Waals surface area contributed by atoms with Crippen LogP contribution in [0.2, 0.25) is 0 Å². The summed E-state index contributed by atoms with van der Waals surface area (Å²) in [7, 11) is 1.63. The number of oxime groups is 1. The molecule has 188 valence electrons. The first-order valence-electron chi connectivity index (χ1n) is 12.3. The van der Waals surface area contributed by atoms with E-state index in [1.165, 1.54) is 22.5 Å². The van der Waals surface area contributed by atoms with E-state index < -0.39 is 0 Å². The lowest BCUT2D eigenvalue weighted by molar-refractivity contribution is -0.116. The molecule has 3 aliphatic rings. The number of amides is 1. The molecule has 1 amide bonds. The summed E-state index contributed by atoms with van der Waals surface area (Å²) >= 11 is 8.71. The third-order valence-electron chi connectivity index (χ3n) is 8.58. The van der Waals surface area contributed by atoms with Crippen LogP contribution in [-0.2, 0) is 16.1 Å². The molecule has 6 nitrogen and oxygen atoms in total. The fraction of sp³-hybridized carbons (Fsp3) is 0.577. The van der Waals surface area contributed by atoms with Crippen LogP contribution in [0, 0.1) is 30.1 Å². The number of nitrogens with one attached hydrogen (secondary N) is 1. The van der Waals surface area contributed by atoms with E-state index in [0.29, 0.717) is 35.2 Å². The van der Waals surface area contributed by atoms with Crippen molar-refractivity contribution in [3.8, 4) is 5.75 Å². The van der Waals surface area contributed by atoms with Crippen LogP contribution in [0.1, 0.15) is 67.4 Å². The summed E-state index contributed by atoms with van der Waals surface area (Å²) in [5, 5.41) is 18.6. The number of halogens is 2. The zero-order valence-corrected chi connectivity index (χ0v) is 24.2. The highest BCUT2D eigenvalue weighted by Crippen LogP contribution is 2.63. The van der Waals surface area contributed by atoms with Crippen molar-refractivity contribution in [3.63, 3.8) is 0 Å². The second-order valence-electron chi connectivity index (χ2n) is 10.4. The average molecular weight is 625 g/mol. The number of nitrogens with zero attached hydrogens (tertiary/aromatic N) is 2. The summed E-state index contributed by atoms with van der Waals surface area (Å²) in [6.07, 6.45) is 8.16. The lowest BCUT2D eigenvalue weighted by Gasteiger charge is -2.50. The minimum atomic E-state index is -0.00632. The van der Waals surface area contributed by atoms with Gasteiger partial charge >= 0.3 is 0 Å². The number of phenols is 1. The van der Waals surface area contributed by atoms with Crippen LogP contribution in [0.5, 0.6) is 5.75 Å². The maximum Gasteiger partial charge on any atom is 0.226 e. The number of thiazole rings is 1. The average Bonchev–Trinajstić information content (AvgIpc) is 3.36. The Bertz CT molecular complexity index is 1180. The van der Waals surface area contributed by atoms with Gasteiger partial charge in [0.2, 0.25) is 5.91 Å². The van der Waals surface area contributed by atoms with Crippen LogP contribution >= 0.6 is 43.2 Å². The Kier molecular flexibility index (Phi) is 7.05. The van der Waals surface area contributed by atoms with Crippen molar-refractivity contribution in [1.29, 1.82) is 0 Å². The number of hydrogen-bond donors (Lipinski definition) is 2. The molecule has 0 saturated heterocycles. The molecule has 0 aliphatic heterocycles. The van der Waals surface area contributed by atoms with Crippen molar-refractivity contribution in [2.24, 2.45) is 28.3 Å². The standard InChI is InChI=1S/C26H31Br2N3O3S/c1-13-12-29-25(35-13)30-21(32)7-4-14-10-20(31-34-3)26(2)9-8-15-16(22(14)26)5-6-17-18(15)11-19(27)24(33)23(17)28/h11-12,14-16,22,33H,4-10H2,1-3H3,(H,29,30,32). The monoisotopic (exact) mass is 623 g/mol. The van der Waals surface area contributed by atoms with E-state index in [0.717, 1.165) is 58.1 Å². The summed E-state index contributed by atoms with van der Waals surface area (Å²) in [4.78, 5) is 23.4. The molecular formula is C26H31Br2N3O3S. The Morgan fingerprint density at radius 1 is 1.40 bits per heavy atom. The number of rotatable bonds is 5. The molecule has 5 atom stereocenters. The van der Waals surface area contributed by atoms with Gasteiger partial charge in [0.15, 0.2) is 5.13 Å². The quantitative estimate of drug-likeness (QED) is 0.345. The molecule has 2 aromatic rings. The summed E-state index contributed by atoms with van der Waals surface area (Å²) in [5.41, 5.74) is 3.75. The van der Waals surface area contributed by atoms with Crippen molar-refractivity contribution in [1.82, 2.24) is 4.98 Å². The molecule has 2 N–H and O–H groups in total. The predicted molar refractivity (Wildman–Crippen MR) is 146 cm³/mol. The summed E-state index contributed by atoms with van der Waals surface area (Å²) < 4.78 is 1.57. The fourth-order valence-corrected chi connectivity index (χ4v) is 9.18. The summed E-state index contributed by atoms with van der Waals surface area (Å²) in [6, 6.07) is 2.13. The molecule has 2 fully saturated rings. The van der Waals surface area contributed by atoms with Crippen molar-refractivity contribution in [2.45, 2.75) is 64.7 Å². The number of aromatic hydroxyl groups is 1. The van der Waals surface area contributed by atoms with Gasteiger partial charge in [-0.25, -0.2) is 4.98 Å². The van der Waals surface area contributed by atoms with Crippen molar-refractivity contribution >= 4 is 59.9 Å².